The van der Waals surface area contributed by atoms with Crippen LogP contribution in [0.3, 0.4) is 0 Å². The van der Waals surface area contributed by atoms with Crippen LogP contribution in [0, 0.1) is 6.92 Å². The van der Waals surface area contributed by atoms with E-state index in [1.165, 1.54) is 0 Å². The molecular formula is C12H22ClN3O. The van der Waals surface area contributed by atoms with Crippen LogP contribution >= 0.6 is 11.6 Å². The summed E-state index contributed by atoms with van der Waals surface area (Å²) in [5, 5.41) is 17.5. The van der Waals surface area contributed by atoms with Crippen LogP contribution in [0.1, 0.15) is 38.1 Å². The SMILES string of the molecule is CCC(CCO)NCc1c(Cl)c(C)nn1CC. The summed E-state index contributed by atoms with van der Waals surface area (Å²) < 4.78 is 1.93. The van der Waals surface area contributed by atoms with E-state index in [1.807, 2.05) is 11.6 Å². The van der Waals surface area contributed by atoms with E-state index in [-0.39, 0.29) is 6.61 Å². The second-order valence-corrected chi connectivity index (χ2v) is 4.54. The van der Waals surface area contributed by atoms with Crippen LogP contribution in [-0.4, -0.2) is 27.5 Å². The van der Waals surface area contributed by atoms with Gasteiger partial charge in [-0.05, 0) is 26.7 Å². The van der Waals surface area contributed by atoms with Crippen molar-refractivity contribution in [3.05, 3.63) is 16.4 Å². The molecule has 0 aliphatic carbocycles. The first-order chi connectivity index (χ1) is 8.13. The summed E-state index contributed by atoms with van der Waals surface area (Å²) in [5.74, 6) is 0. The summed E-state index contributed by atoms with van der Waals surface area (Å²) >= 11 is 6.22. The summed E-state index contributed by atoms with van der Waals surface area (Å²) in [6.45, 7) is 7.82. The number of rotatable bonds is 7. The first kappa shape index (κ1) is 14.5. The second-order valence-electron chi connectivity index (χ2n) is 4.16. The van der Waals surface area contributed by atoms with Gasteiger partial charge >= 0.3 is 0 Å². The monoisotopic (exact) mass is 259 g/mol. The Morgan fingerprint density at radius 2 is 2.18 bits per heavy atom. The molecular weight excluding hydrogens is 238 g/mol. The van der Waals surface area contributed by atoms with Gasteiger partial charge in [0.05, 0.1) is 16.4 Å². The van der Waals surface area contributed by atoms with Gasteiger partial charge in [0, 0.05) is 25.7 Å². The molecule has 4 nitrogen and oxygen atoms in total. The molecule has 1 rings (SSSR count). The van der Waals surface area contributed by atoms with Gasteiger partial charge in [-0.25, -0.2) is 0 Å². The van der Waals surface area contributed by atoms with Crippen molar-refractivity contribution in [2.24, 2.45) is 0 Å². The molecule has 0 fully saturated rings. The molecule has 1 unspecified atom stereocenters. The van der Waals surface area contributed by atoms with Crippen molar-refractivity contribution in [2.75, 3.05) is 6.61 Å². The molecule has 98 valence electrons. The summed E-state index contributed by atoms with van der Waals surface area (Å²) in [6, 6.07) is 0.330. The highest BCUT2D eigenvalue weighted by atomic mass is 35.5. The number of nitrogens with one attached hydrogen (secondary N) is 1. The maximum atomic E-state index is 8.94. The van der Waals surface area contributed by atoms with E-state index in [0.717, 1.165) is 35.8 Å². The molecule has 1 aromatic heterocycles. The zero-order chi connectivity index (χ0) is 12.8. The van der Waals surface area contributed by atoms with Gasteiger partial charge in [0.2, 0.25) is 0 Å². The third-order valence-electron chi connectivity index (χ3n) is 2.98. The highest BCUT2D eigenvalue weighted by Crippen LogP contribution is 2.20. The largest absolute Gasteiger partial charge is 0.396 e. The summed E-state index contributed by atoms with van der Waals surface area (Å²) in [6.07, 6.45) is 1.77. The number of aliphatic hydroxyl groups excluding tert-OH is 1. The van der Waals surface area contributed by atoms with Crippen molar-refractivity contribution >= 4 is 11.6 Å². The Morgan fingerprint density at radius 3 is 2.71 bits per heavy atom. The van der Waals surface area contributed by atoms with Crippen LogP contribution in [0.15, 0.2) is 0 Å². The maximum absolute atomic E-state index is 8.94. The molecule has 1 aromatic rings. The molecule has 17 heavy (non-hydrogen) atoms. The number of hydrogen-bond donors (Lipinski definition) is 2. The average molecular weight is 260 g/mol. The summed E-state index contributed by atoms with van der Waals surface area (Å²) in [4.78, 5) is 0. The molecule has 0 aromatic carbocycles. The predicted octanol–water partition coefficient (Wildman–Crippen LogP) is 2.12. The van der Waals surface area contributed by atoms with Crippen LogP contribution in [0.5, 0.6) is 0 Å². The highest BCUT2D eigenvalue weighted by Gasteiger charge is 2.13. The van der Waals surface area contributed by atoms with Crippen LogP contribution < -0.4 is 5.32 Å². The molecule has 0 amide bonds. The van der Waals surface area contributed by atoms with E-state index in [4.69, 9.17) is 16.7 Å². The van der Waals surface area contributed by atoms with Gasteiger partial charge in [-0.2, -0.15) is 5.10 Å². The van der Waals surface area contributed by atoms with Crippen LogP contribution in [0.25, 0.3) is 0 Å². The van der Waals surface area contributed by atoms with E-state index in [1.54, 1.807) is 0 Å². The Balaban J connectivity index is 2.67. The number of nitrogens with zero attached hydrogens (tertiary/aromatic N) is 2. The Morgan fingerprint density at radius 1 is 1.47 bits per heavy atom. The normalized spacial score (nSPS) is 13.0. The molecule has 1 heterocycles. The zero-order valence-electron chi connectivity index (χ0n) is 10.8. The van der Waals surface area contributed by atoms with Crippen molar-refractivity contribution in [1.29, 1.82) is 0 Å². The van der Waals surface area contributed by atoms with E-state index >= 15 is 0 Å². The predicted molar refractivity (Wildman–Crippen MR) is 70.3 cm³/mol. The highest BCUT2D eigenvalue weighted by molar-refractivity contribution is 6.31. The van der Waals surface area contributed by atoms with Gasteiger partial charge in [-0.3, -0.25) is 4.68 Å². The standard InChI is InChI=1S/C12H22ClN3O/c1-4-10(6-7-17)14-8-11-12(13)9(3)15-16(11)5-2/h10,14,17H,4-8H2,1-3H3. The number of hydrogen-bond acceptors (Lipinski definition) is 3. The van der Waals surface area contributed by atoms with Crippen LogP contribution in [0.4, 0.5) is 0 Å². The van der Waals surface area contributed by atoms with Gasteiger partial charge in [0.25, 0.3) is 0 Å². The van der Waals surface area contributed by atoms with E-state index in [9.17, 15) is 0 Å². The average Bonchev–Trinajstić information content (AvgIpc) is 2.61. The smallest absolute Gasteiger partial charge is 0.0860 e. The van der Waals surface area contributed by atoms with Gasteiger partial charge in [-0.1, -0.05) is 18.5 Å². The number of aliphatic hydroxyl groups is 1. The molecule has 0 bridgehead atoms. The lowest BCUT2D eigenvalue weighted by Gasteiger charge is -2.16. The minimum absolute atomic E-state index is 0.214. The lowest BCUT2D eigenvalue weighted by Crippen LogP contribution is -2.29. The molecule has 1 atom stereocenters. The molecule has 0 aliphatic rings. The Labute approximate surface area is 108 Å². The van der Waals surface area contributed by atoms with Crippen LogP contribution in [0.2, 0.25) is 5.02 Å². The van der Waals surface area contributed by atoms with Gasteiger partial charge in [-0.15, -0.1) is 0 Å². The van der Waals surface area contributed by atoms with Crippen LogP contribution in [-0.2, 0) is 13.1 Å². The van der Waals surface area contributed by atoms with E-state index < -0.39 is 0 Å². The molecule has 5 heteroatoms. The fourth-order valence-electron chi connectivity index (χ4n) is 1.89. The minimum Gasteiger partial charge on any atom is -0.396 e. The minimum atomic E-state index is 0.214. The molecule has 0 saturated heterocycles. The third kappa shape index (κ3) is 3.69. The Hall–Kier alpha value is -0.580. The summed E-state index contributed by atoms with van der Waals surface area (Å²) in [7, 11) is 0. The van der Waals surface area contributed by atoms with Gasteiger partial charge in [0.15, 0.2) is 0 Å². The molecule has 2 N–H and O–H groups in total. The first-order valence-corrected chi connectivity index (χ1v) is 6.57. The van der Waals surface area contributed by atoms with Crippen molar-refractivity contribution in [2.45, 2.75) is 52.7 Å². The van der Waals surface area contributed by atoms with Gasteiger partial charge in [0.1, 0.15) is 0 Å². The lowest BCUT2D eigenvalue weighted by molar-refractivity contribution is 0.261. The van der Waals surface area contributed by atoms with E-state index in [2.05, 4.69) is 24.3 Å². The van der Waals surface area contributed by atoms with Crippen molar-refractivity contribution in [3.63, 3.8) is 0 Å². The van der Waals surface area contributed by atoms with Crippen molar-refractivity contribution < 1.29 is 5.11 Å². The maximum Gasteiger partial charge on any atom is 0.0860 e. The Bertz CT molecular complexity index is 352. The molecule has 0 saturated carbocycles. The zero-order valence-corrected chi connectivity index (χ0v) is 11.6. The van der Waals surface area contributed by atoms with Crippen molar-refractivity contribution in [3.8, 4) is 0 Å². The first-order valence-electron chi connectivity index (χ1n) is 6.20. The van der Waals surface area contributed by atoms with Crippen molar-refractivity contribution in [1.82, 2.24) is 15.1 Å². The fourth-order valence-corrected chi connectivity index (χ4v) is 2.09. The number of aromatic nitrogens is 2. The molecule has 0 spiro atoms. The lowest BCUT2D eigenvalue weighted by atomic mass is 10.1. The molecule has 0 aliphatic heterocycles. The molecule has 0 radical (unpaired) electrons. The van der Waals surface area contributed by atoms with Gasteiger partial charge < -0.3 is 10.4 Å². The third-order valence-corrected chi connectivity index (χ3v) is 3.47. The number of aryl methyl sites for hydroxylation is 2. The van der Waals surface area contributed by atoms with E-state index in [0.29, 0.717) is 12.6 Å². The second kappa shape index (κ2) is 6.99. The fraction of sp³-hybridized carbons (Fsp3) is 0.750. The number of halogens is 1. The quantitative estimate of drug-likeness (QED) is 0.789. The topological polar surface area (TPSA) is 50.1 Å². The summed E-state index contributed by atoms with van der Waals surface area (Å²) in [5.41, 5.74) is 1.91. The Kier molecular flexibility index (Phi) is 5.95.